The number of ether oxygens (including phenoxy) is 1. The van der Waals surface area contributed by atoms with E-state index in [0.29, 0.717) is 12.7 Å². The molecule has 70 valence electrons. The summed E-state index contributed by atoms with van der Waals surface area (Å²) in [6.45, 7) is -0.473. The monoisotopic (exact) mass is 182 g/mol. The maximum Gasteiger partial charge on any atom is 0.417 e. The lowest BCUT2D eigenvalue weighted by Crippen LogP contribution is -2.53. The van der Waals surface area contributed by atoms with Gasteiger partial charge < -0.3 is 9.53 Å². The van der Waals surface area contributed by atoms with Crippen molar-refractivity contribution in [2.45, 2.75) is 31.0 Å². The Labute approximate surface area is 67.7 Å². The Balaban J connectivity index is 2.56. The quantitative estimate of drug-likeness (QED) is 0.621. The highest BCUT2D eigenvalue weighted by Crippen LogP contribution is 2.47. The van der Waals surface area contributed by atoms with Gasteiger partial charge in [-0.15, -0.1) is 0 Å². The maximum atomic E-state index is 12.2. The summed E-state index contributed by atoms with van der Waals surface area (Å²) in [5.74, 6) is 0. The first-order valence-corrected chi connectivity index (χ1v) is 3.66. The number of carbonyl (C=O) groups excluding carboxylic acids is 1. The Hall–Kier alpha value is -0.580. The molecule has 2 nitrogen and oxygen atoms in total. The van der Waals surface area contributed by atoms with Crippen molar-refractivity contribution in [3.05, 3.63) is 0 Å². The fourth-order valence-corrected chi connectivity index (χ4v) is 1.20. The normalized spacial score (nSPS) is 21.6. The van der Waals surface area contributed by atoms with Gasteiger partial charge in [0, 0.05) is 0 Å². The van der Waals surface area contributed by atoms with Gasteiger partial charge in [0.1, 0.15) is 12.9 Å². The molecule has 0 bridgehead atoms. The van der Waals surface area contributed by atoms with E-state index in [2.05, 4.69) is 4.74 Å². The molecule has 1 saturated carbocycles. The van der Waals surface area contributed by atoms with Crippen LogP contribution >= 0.6 is 0 Å². The van der Waals surface area contributed by atoms with Crippen LogP contribution in [0.3, 0.4) is 0 Å². The molecule has 0 aliphatic heterocycles. The Kier molecular flexibility index (Phi) is 2.41. The molecule has 0 aromatic heterocycles. The second kappa shape index (κ2) is 3.05. The van der Waals surface area contributed by atoms with Gasteiger partial charge in [0.15, 0.2) is 5.60 Å². The highest BCUT2D eigenvalue weighted by Gasteiger charge is 2.59. The largest absolute Gasteiger partial charge is 0.417 e. The third kappa shape index (κ3) is 1.46. The molecule has 0 amide bonds. The summed E-state index contributed by atoms with van der Waals surface area (Å²) in [6.07, 6.45) is -3.53. The summed E-state index contributed by atoms with van der Waals surface area (Å²) < 4.78 is 41.2. The minimum atomic E-state index is -4.34. The topological polar surface area (TPSA) is 26.3 Å². The summed E-state index contributed by atoms with van der Waals surface area (Å²) in [4.78, 5) is 9.83. The number of alkyl halides is 3. The molecule has 0 atom stereocenters. The van der Waals surface area contributed by atoms with E-state index in [1.165, 1.54) is 0 Å². The fraction of sp³-hybridized carbons (Fsp3) is 0.857. The number of hydrogen-bond acceptors (Lipinski definition) is 2. The third-order valence-electron chi connectivity index (χ3n) is 2.11. The SMILES string of the molecule is O=CCOC1(C(F)(F)F)CCC1. The number of aldehydes is 1. The summed E-state index contributed by atoms with van der Waals surface area (Å²) in [6, 6.07) is 0. The van der Waals surface area contributed by atoms with Crippen molar-refractivity contribution >= 4 is 6.29 Å². The van der Waals surface area contributed by atoms with Crippen LogP contribution in [0, 0.1) is 0 Å². The van der Waals surface area contributed by atoms with Gasteiger partial charge in [-0.2, -0.15) is 13.2 Å². The fourth-order valence-electron chi connectivity index (χ4n) is 1.20. The molecular weight excluding hydrogens is 173 g/mol. The van der Waals surface area contributed by atoms with E-state index in [9.17, 15) is 18.0 Å². The highest BCUT2D eigenvalue weighted by molar-refractivity contribution is 5.50. The molecule has 0 heterocycles. The first kappa shape index (κ1) is 9.51. The number of hydrogen-bond donors (Lipinski definition) is 0. The van der Waals surface area contributed by atoms with Gasteiger partial charge in [-0.3, -0.25) is 0 Å². The van der Waals surface area contributed by atoms with Gasteiger partial charge in [-0.1, -0.05) is 0 Å². The number of halogens is 3. The molecule has 1 rings (SSSR count). The molecule has 0 unspecified atom stereocenters. The maximum absolute atomic E-state index is 12.2. The van der Waals surface area contributed by atoms with E-state index in [0.717, 1.165) is 0 Å². The van der Waals surface area contributed by atoms with Crippen LogP contribution in [0.4, 0.5) is 13.2 Å². The molecule has 0 radical (unpaired) electrons. The zero-order chi connectivity index (χ0) is 9.24. The van der Waals surface area contributed by atoms with Crippen LogP contribution in [0.25, 0.3) is 0 Å². The third-order valence-corrected chi connectivity index (χ3v) is 2.11. The zero-order valence-corrected chi connectivity index (χ0v) is 6.36. The first-order chi connectivity index (χ1) is 5.52. The second-order valence-corrected chi connectivity index (χ2v) is 2.82. The molecular formula is C7H9F3O2. The summed E-state index contributed by atoms with van der Waals surface area (Å²) in [5, 5.41) is 0. The van der Waals surface area contributed by atoms with Crippen molar-refractivity contribution in [2.75, 3.05) is 6.61 Å². The summed E-state index contributed by atoms with van der Waals surface area (Å²) >= 11 is 0. The van der Waals surface area contributed by atoms with Crippen LogP contribution in [0.5, 0.6) is 0 Å². The zero-order valence-electron chi connectivity index (χ0n) is 6.36. The van der Waals surface area contributed by atoms with E-state index in [1.54, 1.807) is 0 Å². The molecule has 1 aliphatic carbocycles. The molecule has 1 fully saturated rings. The van der Waals surface area contributed by atoms with Gasteiger partial charge in [-0.05, 0) is 19.3 Å². The van der Waals surface area contributed by atoms with E-state index in [-0.39, 0.29) is 12.8 Å². The first-order valence-electron chi connectivity index (χ1n) is 3.66. The standard InChI is InChI=1S/C7H9F3O2/c8-7(9,10)6(2-1-3-6)12-5-4-11/h4H,1-3,5H2. The van der Waals surface area contributed by atoms with Gasteiger partial charge in [0.05, 0.1) is 0 Å². The molecule has 1 aliphatic rings. The van der Waals surface area contributed by atoms with Crippen LogP contribution in [0.15, 0.2) is 0 Å². The smallest absolute Gasteiger partial charge is 0.358 e. The average molecular weight is 182 g/mol. The minimum absolute atomic E-state index is 0.0235. The van der Waals surface area contributed by atoms with Gasteiger partial charge in [-0.25, -0.2) is 0 Å². The Morgan fingerprint density at radius 1 is 1.42 bits per heavy atom. The molecule has 0 saturated heterocycles. The average Bonchev–Trinajstić information content (AvgIpc) is 1.82. The Morgan fingerprint density at radius 2 is 2.00 bits per heavy atom. The highest BCUT2D eigenvalue weighted by atomic mass is 19.4. The molecule has 5 heteroatoms. The second-order valence-electron chi connectivity index (χ2n) is 2.82. The predicted octanol–water partition coefficient (Wildman–Crippen LogP) is 1.69. The van der Waals surface area contributed by atoms with Crippen molar-refractivity contribution in [1.82, 2.24) is 0 Å². The lowest BCUT2D eigenvalue weighted by molar-refractivity contribution is -0.301. The van der Waals surface area contributed by atoms with Crippen LogP contribution in [0.2, 0.25) is 0 Å². The van der Waals surface area contributed by atoms with Crippen molar-refractivity contribution in [2.24, 2.45) is 0 Å². The predicted molar refractivity (Wildman–Crippen MR) is 34.7 cm³/mol. The van der Waals surface area contributed by atoms with Crippen molar-refractivity contribution in [3.8, 4) is 0 Å². The van der Waals surface area contributed by atoms with Crippen LogP contribution < -0.4 is 0 Å². The van der Waals surface area contributed by atoms with Crippen LogP contribution in [-0.4, -0.2) is 24.7 Å². The van der Waals surface area contributed by atoms with E-state index in [4.69, 9.17) is 0 Å². The summed E-state index contributed by atoms with van der Waals surface area (Å²) in [5.41, 5.74) is -2.02. The van der Waals surface area contributed by atoms with Crippen molar-refractivity contribution in [1.29, 1.82) is 0 Å². The molecule has 0 aromatic rings. The number of carbonyl (C=O) groups is 1. The van der Waals surface area contributed by atoms with Gasteiger partial charge in [0.25, 0.3) is 0 Å². The lowest BCUT2D eigenvalue weighted by atomic mass is 9.79. The number of rotatable bonds is 3. The van der Waals surface area contributed by atoms with E-state index >= 15 is 0 Å². The molecule has 0 spiro atoms. The molecule has 0 N–H and O–H groups in total. The van der Waals surface area contributed by atoms with Gasteiger partial charge in [0.2, 0.25) is 0 Å². The van der Waals surface area contributed by atoms with Gasteiger partial charge >= 0.3 is 6.18 Å². The molecule has 12 heavy (non-hydrogen) atoms. The van der Waals surface area contributed by atoms with Crippen molar-refractivity contribution in [3.63, 3.8) is 0 Å². The van der Waals surface area contributed by atoms with Crippen molar-refractivity contribution < 1.29 is 22.7 Å². The Bertz CT molecular complexity index is 172. The Morgan fingerprint density at radius 3 is 2.25 bits per heavy atom. The molecule has 0 aromatic carbocycles. The van der Waals surface area contributed by atoms with Crippen LogP contribution in [-0.2, 0) is 9.53 Å². The van der Waals surface area contributed by atoms with Crippen LogP contribution in [0.1, 0.15) is 19.3 Å². The summed E-state index contributed by atoms with van der Waals surface area (Å²) in [7, 11) is 0. The van der Waals surface area contributed by atoms with E-state index in [1.807, 2.05) is 0 Å². The lowest BCUT2D eigenvalue weighted by Gasteiger charge is -2.42. The van der Waals surface area contributed by atoms with E-state index < -0.39 is 18.4 Å². The minimum Gasteiger partial charge on any atom is -0.358 e.